The molecular formula is C26H33FIN5O. The van der Waals surface area contributed by atoms with E-state index in [9.17, 15) is 9.18 Å². The molecule has 2 aromatic carbocycles. The fourth-order valence-electron chi connectivity index (χ4n) is 4.31. The van der Waals surface area contributed by atoms with Gasteiger partial charge in [-0.3, -0.25) is 9.79 Å². The normalized spacial score (nSPS) is 13.4. The second-order valence-electron chi connectivity index (χ2n) is 8.38. The Hall–Kier alpha value is -2.62. The van der Waals surface area contributed by atoms with Gasteiger partial charge in [-0.15, -0.1) is 24.0 Å². The Morgan fingerprint density at radius 2 is 2.00 bits per heavy atom. The Morgan fingerprint density at radius 1 is 1.18 bits per heavy atom. The molecule has 0 fully saturated rings. The van der Waals surface area contributed by atoms with Crippen LogP contribution in [0.5, 0.6) is 0 Å². The van der Waals surface area contributed by atoms with Crippen molar-refractivity contribution in [2.75, 3.05) is 26.2 Å². The van der Waals surface area contributed by atoms with E-state index in [-0.39, 0.29) is 35.7 Å². The monoisotopic (exact) mass is 577 g/mol. The third-order valence-corrected chi connectivity index (χ3v) is 6.06. The number of nitrogens with zero attached hydrogens (tertiary/aromatic N) is 2. The second kappa shape index (κ2) is 12.7. The highest BCUT2D eigenvalue weighted by Gasteiger charge is 2.19. The van der Waals surface area contributed by atoms with E-state index in [0.29, 0.717) is 26.1 Å². The molecule has 3 N–H and O–H groups in total. The summed E-state index contributed by atoms with van der Waals surface area (Å²) in [5.74, 6) is 0.718. The largest absolute Gasteiger partial charge is 0.361 e. The number of hydrogen-bond acceptors (Lipinski definition) is 2. The van der Waals surface area contributed by atoms with E-state index in [1.807, 2.05) is 30.2 Å². The topological polar surface area (TPSA) is 72.5 Å². The van der Waals surface area contributed by atoms with E-state index >= 15 is 0 Å². The first-order valence-electron chi connectivity index (χ1n) is 11.8. The van der Waals surface area contributed by atoms with Gasteiger partial charge in [-0.1, -0.05) is 24.3 Å². The number of rotatable bonds is 8. The third-order valence-electron chi connectivity index (χ3n) is 6.06. The van der Waals surface area contributed by atoms with Crippen molar-refractivity contribution in [3.8, 4) is 0 Å². The number of benzene rings is 2. The van der Waals surface area contributed by atoms with Crippen molar-refractivity contribution in [3.63, 3.8) is 0 Å². The summed E-state index contributed by atoms with van der Waals surface area (Å²) in [4.78, 5) is 22.3. The molecule has 0 radical (unpaired) electrons. The van der Waals surface area contributed by atoms with Gasteiger partial charge in [0.15, 0.2) is 5.96 Å². The molecular weight excluding hydrogens is 544 g/mol. The number of aliphatic imine (C=N–C) groups is 1. The zero-order chi connectivity index (χ0) is 23.0. The maximum atomic E-state index is 13.4. The average molecular weight is 577 g/mol. The Bertz CT molecular complexity index is 1130. The highest BCUT2D eigenvalue weighted by Crippen LogP contribution is 2.20. The lowest BCUT2D eigenvalue weighted by molar-refractivity contribution is -0.132. The highest BCUT2D eigenvalue weighted by atomic mass is 127. The summed E-state index contributed by atoms with van der Waals surface area (Å²) in [5.41, 5.74) is 4.57. The van der Waals surface area contributed by atoms with Gasteiger partial charge in [0, 0.05) is 56.2 Å². The van der Waals surface area contributed by atoms with Crippen LogP contribution in [-0.2, 0) is 24.2 Å². The Labute approximate surface area is 217 Å². The second-order valence-corrected chi connectivity index (χ2v) is 8.38. The van der Waals surface area contributed by atoms with Crippen molar-refractivity contribution in [1.82, 2.24) is 20.5 Å². The molecule has 6 nitrogen and oxygen atoms in total. The SMILES string of the molecule is CCNC(=NCCCC(=O)N1CCc2ccccc2C1)NCCc1c[nH]c2cc(F)ccc12.I. The number of aromatic nitrogens is 1. The molecule has 1 aliphatic heterocycles. The number of nitrogens with one attached hydrogen (secondary N) is 3. The maximum Gasteiger partial charge on any atom is 0.222 e. The molecule has 0 spiro atoms. The van der Waals surface area contributed by atoms with Crippen LogP contribution < -0.4 is 10.6 Å². The molecule has 0 bridgehead atoms. The molecule has 8 heteroatoms. The number of guanidine groups is 1. The summed E-state index contributed by atoms with van der Waals surface area (Å²) < 4.78 is 13.4. The van der Waals surface area contributed by atoms with Crippen molar-refractivity contribution in [2.24, 2.45) is 4.99 Å². The molecule has 0 unspecified atom stereocenters. The average Bonchev–Trinajstić information content (AvgIpc) is 3.23. The number of carbonyl (C=O) groups is 1. The van der Waals surface area contributed by atoms with Crippen LogP contribution in [0.1, 0.15) is 36.5 Å². The summed E-state index contributed by atoms with van der Waals surface area (Å²) in [6.07, 6.45) is 4.89. The summed E-state index contributed by atoms with van der Waals surface area (Å²) in [6.45, 7) is 5.61. The molecule has 0 saturated carbocycles. The van der Waals surface area contributed by atoms with Crippen molar-refractivity contribution in [2.45, 2.75) is 39.2 Å². The molecule has 1 amide bonds. The van der Waals surface area contributed by atoms with E-state index in [0.717, 1.165) is 54.8 Å². The van der Waals surface area contributed by atoms with Crippen molar-refractivity contribution in [3.05, 3.63) is 71.2 Å². The van der Waals surface area contributed by atoms with Gasteiger partial charge in [0.25, 0.3) is 0 Å². The molecule has 4 rings (SSSR count). The van der Waals surface area contributed by atoms with Crippen LogP contribution in [0.4, 0.5) is 4.39 Å². The van der Waals surface area contributed by atoms with E-state index in [1.165, 1.54) is 23.3 Å². The number of carbonyl (C=O) groups excluding carboxylic acids is 1. The molecule has 182 valence electrons. The van der Waals surface area contributed by atoms with E-state index < -0.39 is 0 Å². The molecule has 0 atom stereocenters. The highest BCUT2D eigenvalue weighted by molar-refractivity contribution is 14.0. The minimum absolute atomic E-state index is 0. The van der Waals surface area contributed by atoms with Gasteiger partial charge in [0.2, 0.25) is 5.91 Å². The number of amides is 1. The molecule has 3 aromatic rings. The van der Waals surface area contributed by atoms with Crippen LogP contribution in [0.25, 0.3) is 10.9 Å². The first-order chi connectivity index (χ1) is 16.1. The van der Waals surface area contributed by atoms with Gasteiger partial charge >= 0.3 is 0 Å². The number of fused-ring (bicyclic) bond motifs is 2. The zero-order valence-electron chi connectivity index (χ0n) is 19.6. The fraction of sp³-hybridized carbons (Fsp3) is 0.385. The van der Waals surface area contributed by atoms with Crippen LogP contribution in [0.15, 0.2) is 53.7 Å². The maximum absolute atomic E-state index is 13.4. The Kier molecular flexibility index (Phi) is 9.74. The zero-order valence-corrected chi connectivity index (χ0v) is 21.9. The summed E-state index contributed by atoms with van der Waals surface area (Å²) in [6, 6.07) is 13.2. The Morgan fingerprint density at radius 3 is 2.82 bits per heavy atom. The lowest BCUT2D eigenvalue weighted by Gasteiger charge is -2.28. The van der Waals surface area contributed by atoms with E-state index in [2.05, 4.69) is 38.8 Å². The number of aromatic amines is 1. The van der Waals surface area contributed by atoms with Gasteiger partial charge < -0.3 is 20.5 Å². The van der Waals surface area contributed by atoms with Gasteiger partial charge in [0.05, 0.1) is 0 Å². The van der Waals surface area contributed by atoms with Gasteiger partial charge in [-0.25, -0.2) is 4.39 Å². The van der Waals surface area contributed by atoms with Gasteiger partial charge in [-0.05, 0) is 61.1 Å². The lowest BCUT2D eigenvalue weighted by Crippen LogP contribution is -2.38. The third kappa shape index (κ3) is 6.71. The quantitative estimate of drug-likeness (QED) is 0.161. The van der Waals surface area contributed by atoms with Gasteiger partial charge in [0.1, 0.15) is 5.82 Å². The molecule has 0 aliphatic carbocycles. The van der Waals surface area contributed by atoms with Gasteiger partial charge in [-0.2, -0.15) is 0 Å². The standard InChI is InChI=1S/C26H32FN5O.HI/c1-2-28-26(30-14-11-20-17-31-24-16-22(27)9-10-23(20)24)29-13-5-8-25(33)32-15-12-19-6-3-4-7-21(19)18-32;/h3-4,6-7,9-10,16-17,31H,2,5,8,11-15,18H2,1H3,(H2,28,29,30);1H. The molecule has 1 aromatic heterocycles. The smallest absolute Gasteiger partial charge is 0.222 e. The summed E-state index contributed by atoms with van der Waals surface area (Å²) in [5, 5.41) is 7.65. The van der Waals surface area contributed by atoms with Crippen LogP contribution in [-0.4, -0.2) is 47.9 Å². The molecule has 2 heterocycles. The number of H-pyrrole nitrogens is 1. The summed E-state index contributed by atoms with van der Waals surface area (Å²) in [7, 11) is 0. The number of halogens is 2. The first kappa shape index (κ1) is 26.0. The van der Waals surface area contributed by atoms with Crippen LogP contribution in [0.3, 0.4) is 0 Å². The van der Waals surface area contributed by atoms with Crippen molar-refractivity contribution in [1.29, 1.82) is 0 Å². The fourth-order valence-corrected chi connectivity index (χ4v) is 4.31. The minimum atomic E-state index is -0.237. The predicted molar refractivity (Wildman–Crippen MR) is 146 cm³/mol. The van der Waals surface area contributed by atoms with Crippen LogP contribution >= 0.6 is 24.0 Å². The number of hydrogen-bond donors (Lipinski definition) is 3. The Balaban J connectivity index is 0.00000324. The first-order valence-corrected chi connectivity index (χ1v) is 11.8. The van der Waals surface area contributed by atoms with Crippen LogP contribution in [0.2, 0.25) is 0 Å². The molecule has 34 heavy (non-hydrogen) atoms. The molecule has 0 saturated heterocycles. The van der Waals surface area contributed by atoms with E-state index in [4.69, 9.17) is 0 Å². The lowest BCUT2D eigenvalue weighted by atomic mass is 9.99. The minimum Gasteiger partial charge on any atom is -0.361 e. The van der Waals surface area contributed by atoms with E-state index in [1.54, 1.807) is 0 Å². The summed E-state index contributed by atoms with van der Waals surface area (Å²) >= 11 is 0. The van der Waals surface area contributed by atoms with Crippen molar-refractivity contribution >= 4 is 46.7 Å². The van der Waals surface area contributed by atoms with Crippen molar-refractivity contribution < 1.29 is 9.18 Å². The molecule has 1 aliphatic rings. The predicted octanol–water partition coefficient (Wildman–Crippen LogP) is 4.39. The van der Waals surface area contributed by atoms with Crippen LogP contribution in [0, 0.1) is 5.82 Å².